The number of nitrogen functional groups attached to an aromatic ring is 1. The van der Waals surface area contributed by atoms with Crippen molar-refractivity contribution in [3.05, 3.63) is 47.8 Å². The first-order chi connectivity index (χ1) is 9.54. The van der Waals surface area contributed by atoms with Gasteiger partial charge in [0.1, 0.15) is 11.6 Å². The molecule has 0 bridgehead atoms. The third-order valence-corrected chi connectivity index (χ3v) is 2.60. The van der Waals surface area contributed by atoms with Gasteiger partial charge >= 0.3 is 0 Å². The minimum atomic E-state index is -0.251. The van der Waals surface area contributed by atoms with Crippen molar-refractivity contribution in [3.8, 4) is 5.88 Å². The van der Waals surface area contributed by atoms with Crippen LogP contribution in [0.3, 0.4) is 0 Å². The quantitative estimate of drug-likeness (QED) is 0.879. The van der Waals surface area contributed by atoms with Gasteiger partial charge in [-0.25, -0.2) is 4.39 Å². The van der Waals surface area contributed by atoms with Crippen LogP contribution in [0, 0.1) is 5.82 Å². The number of benzene rings is 1. The molecular formula is C15H18FN3O. The van der Waals surface area contributed by atoms with Crippen LogP contribution in [0.15, 0.2) is 36.4 Å². The number of halogens is 1. The van der Waals surface area contributed by atoms with Gasteiger partial charge < -0.3 is 15.8 Å². The first-order valence-corrected chi connectivity index (χ1v) is 6.46. The van der Waals surface area contributed by atoms with Crippen LogP contribution in [-0.2, 0) is 6.54 Å². The Labute approximate surface area is 117 Å². The summed E-state index contributed by atoms with van der Waals surface area (Å²) >= 11 is 0. The smallest absolute Gasteiger partial charge is 0.239 e. The van der Waals surface area contributed by atoms with Gasteiger partial charge in [-0.1, -0.05) is 12.1 Å². The van der Waals surface area contributed by atoms with E-state index in [1.165, 1.54) is 12.1 Å². The minimum Gasteiger partial charge on any atom is -0.473 e. The fourth-order valence-electron chi connectivity index (χ4n) is 1.71. The van der Waals surface area contributed by atoms with E-state index < -0.39 is 0 Å². The molecule has 0 amide bonds. The number of hydrogen-bond acceptors (Lipinski definition) is 4. The van der Waals surface area contributed by atoms with Gasteiger partial charge in [-0.2, -0.15) is 4.98 Å². The molecule has 4 nitrogen and oxygen atoms in total. The zero-order valence-electron chi connectivity index (χ0n) is 11.6. The van der Waals surface area contributed by atoms with Gasteiger partial charge in [0.15, 0.2) is 0 Å². The number of nitrogens with zero attached hydrogens (tertiary/aromatic N) is 1. The van der Waals surface area contributed by atoms with Gasteiger partial charge in [-0.15, -0.1) is 0 Å². The lowest BCUT2D eigenvalue weighted by Gasteiger charge is -2.13. The molecule has 0 aliphatic rings. The van der Waals surface area contributed by atoms with Crippen molar-refractivity contribution in [1.29, 1.82) is 0 Å². The molecule has 2 aromatic rings. The van der Waals surface area contributed by atoms with E-state index in [0.29, 0.717) is 23.9 Å². The van der Waals surface area contributed by atoms with E-state index in [4.69, 9.17) is 10.5 Å². The molecule has 5 heteroatoms. The second kappa shape index (κ2) is 6.23. The second-order valence-corrected chi connectivity index (χ2v) is 4.74. The summed E-state index contributed by atoms with van der Waals surface area (Å²) in [5.41, 5.74) is 7.14. The first-order valence-electron chi connectivity index (χ1n) is 6.46. The Hall–Kier alpha value is -2.30. The molecule has 0 aliphatic carbocycles. The molecular weight excluding hydrogens is 257 g/mol. The third kappa shape index (κ3) is 3.85. The number of pyridine rings is 1. The lowest BCUT2D eigenvalue weighted by molar-refractivity contribution is 0.234. The number of aromatic nitrogens is 1. The van der Waals surface area contributed by atoms with Gasteiger partial charge in [-0.3, -0.25) is 0 Å². The summed E-state index contributed by atoms with van der Waals surface area (Å²) in [5, 5.41) is 3.12. The zero-order chi connectivity index (χ0) is 14.5. The Bertz CT molecular complexity index is 587. The van der Waals surface area contributed by atoms with E-state index in [-0.39, 0.29) is 11.9 Å². The Kier molecular flexibility index (Phi) is 4.40. The Morgan fingerprint density at radius 2 is 2.10 bits per heavy atom. The van der Waals surface area contributed by atoms with Crippen molar-refractivity contribution in [1.82, 2.24) is 4.98 Å². The molecule has 0 unspecified atom stereocenters. The molecule has 2 rings (SSSR count). The van der Waals surface area contributed by atoms with Crippen LogP contribution in [0.4, 0.5) is 15.9 Å². The van der Waals surface area contributed by atoms with Gasteiger partial charge in [0.25, 0.3) is 0 Å². The average molecular weight is 275 g/mol. The van der Waals surface area contributed by atoms with Crippen LogP contribution in [0.5, 0.6) is 5.88 Å². The van der Waals surface area contributed by atoms with Gasteiger partial charge in [0.2, 0.25) is 5.88 Å². The topological polar surface area (TPSA) is 60.2 Å². The van der Waals surface area contributed by atoms with Gasteiger partial charge in [0.05, 0.1) is 11.8 Å². The van der Waals surface area contributed by atoms with Gasteiger partial charge in [0, 0.05) is 6.54 Å². The zero-order valence-corrected chi connectivity index (χ0v) is 11.6. The van der Waals surface area contributed by atoms with E-state index in [2.05, 4.69) is 10.3 Å². The van der Waals surface area contributed by atoms with Crippen LogP contribution in [0.2, 0.25) is 0 Å². The van der Waals surface area contributed by atoms with Crippen LogP contribution in [-0.4, -0.2) is 11.1 Å². The Morgan fingerprint density at radius 1 is 1.30 bits per heavy atom. The SMILES string of the molecule is CC(C)Oc1nc(NCc2cccc(F)c2)ccc1N. The average Bonchev–Trinajstić information content (AvgIpc) is 2.39. The second-order valence-electron chi connectivity index (χ2n) is 4.74. The fourth-order valence-corrected chi connectivity index (χ4v) is 1.71. The molecule has 0 radical (unpaired) electrons. The van der Waals surface area contributed by atoms with Crippen LogP contribution in [0.25, 0.3) is 0 Å². The predicted octanol–water partition coefficient (Wildman–Crippen LogP) is 3.20. The molecule has 0 atom stereocenters. The van der Waals surface area contributed by atoms with Crippen LogP contribution in [0.1, 0.15) is 19.4 Å². The highest BCUT2D eigenvalue weighted by Gasteiger charge is 2.06. The summed E-state index contributed by atoms with van der Waals surface area (Å²) in [7, 11) is 0. The maximum atomic E-state index is 13.1. The van der Waals surface area contributed by atoms with Crippen molar-refractivity contribution in [2.24, 2.45) is 0 Å². The molecule has 1 aromatic carbocycles. The number of ether oxygens (including phenoxy) is 1. The van der Waals surface area contributed by atoms with E-state index in [9.17, 15) is 4.39 Å². The maximum Gasteiger partial charge on any atom is 0.239 e. The van der Waals surface area contributed by atoms with Crippen molar-refractivity contribution >= 4 is 11.5 Å². The normalized spacial score (nSPS) is 10.6. The standard InChI is InChI=1S/C15H18FN3O/c1-10(2)20-15-13(17)6-7-14(19-15)18-9-11-4-3-5-12(16)8-11/h3-8,10H,9,17H2,1-2H3,(H,18,19). The molecule has 0 saturated heterocycles. The molecule has 1 heterocycles. The summed E-state index contributed by atoms with van der Waals surface area (Å²) in [4.78, 5) is 4.30. The maximum absolute atomic E-state index is 13.1. The lowest BCUT2D eigenvalue weighted by atomic mass is 10.2. The fraction of sp³-hybridized carbons (Fsp3) is 0.267. The van der Waals surface area contributed by atoms with Crippen molar-refractivity contribution in [3.63, 3.8) is 0 Å². The first kappa shape index (κ1) is 14.1. The number of nitrogens with two attached hydrogens (primary N) is 1. The molecule has 1 aromatic heterocycles. The summed E-state index contributed by atoms with van der Waals surface area (Å²) < 4.78 is 18.6. The lowest BCUT2D eigenvalue weighted by Crippen LogP contribution is -2.10. The van der Waals surface area contributed by atoms with Gasteiger partial charge in [-0.05, 0) is 43.7 Å². The van der Waals surface area contributed by atoms with E-state index in [1.807, 2.05) is 19.9 Å². The highest BCUT2D eigenvalue weighted by Crippen LogP contribution is 2.22. The summed E-state index contributed by atoms with van der Waals surface area (Å²) in [6.45, 7) is 4.30. The highest BCUT2D eigenvalue weighted by atomic mass is 19.1. The third-order valence-electron chi connectivity index (χ3n) is 2.60. The van der Waals surface area contributed by atoms with E-state index in [1.54, 1.807) is 18.2 Å². The molecule has 106 valence electrons. The number of rotatable bonds is 5. The predicted molar refractivity (Wildman–Crippen MR) is 78.1 cm³/mol. The van der Waals surface area contributed by atoms with E-state index >= 15 is 0 Å². The molecule has 20 heavy (non-hydrogen) atoms. The Morgan fingerprint density at radius 3 is 2.80 bits per heavy atom. The summed E-state index contributed by atoms with van der Waals surface area (Å²) in [6.07, 6.45) is 0.00303. The van der Waals surface area contributed by atoms with Crippen molar-refractivity contribution in [2.75, 3.05) is 11.1 Å². The molecule has 3 N–H and O–H groups in total. The molecule has 0 fully saturated rings. The number of hydrogen-bond donors (Lipinski definition) is 2. The summed E-state index contributed by atoms with van der Waals surface area (Å²) in [6, 6.07) is 9.92. The Balaban J connectivity index is 2.06. The molecule has 0 aliphatic heterocycles. The highest BCUT2D eigenvalue weighted by molar-refractivity contribution is 5.53. The summed E-state index contributed by atoms with van der Waals surface area (Å²) in [5.74, 6) is 0.793. The number of anilines is 2. The van der Waals surface area contributed by atoms with Crippen LogP contribution < -0.4 is 15.8 Å². The van der Waals surface area contributed by atoms with Crippen molar-refractivity contribution in [2.45, 2.75) is 26.5 Å². The molecule has 0 saturated carbocycles. The van der Waals surface area contributed by atoms with E-state index in [0.717, 1.165) is 5.56 Å². The monoisotopic (exact) mass is 275 g/mol. The molecule has 0 spiro atoms. The largest absolute Gasteiger partial charge is 0.473 e. The minimum absolute atomic E-state index is 0.00303. The van der Waals surface area contributed by atoms with Crippen LogP contribution >= 0.6 is 0 Å². The van der Waals surface area contributed by atoms with Crippen molar-refractivity contribution < 1.29 is 9.13 Å². The number of nitrogens with one attached hydrogen (secondary N) is 1.